The van der Waals surface area contributed by atoms with Crippen molar-refractivity contribution in [3.8, 4) is 0 Å². The van der Waals surface area contributed by atoms with Crippen molar-refractivity contribution in [2.45, 2.75) is 45.1 Å². The van der Waals surface area contributed by atoms with Crippen LogP contribution in [0, 0.1) is 11.8 Å². The molecule has 1 aliphatic heterocycles. The fourth-order valence-electron chi connectivity index (χ4n) is 3.31. The topological polar surface area (TPSA) is 96.0 Å². The minimum Gasteiger partial charge on any atom is -0.360 e. The maximum Gasteiger partial charge on any atom is 0.322 e. The van der Waals surface area contributed by atoms with Gasteiger partial charge < -0.3 is 10.6 Å². The van der Waals surface area contributed by atoms with Crippen LogP contribution in [0.3, 0.4) is 0 Å². The number of carbonyl (C=O) groups is 2. The van der Waals surface area contributed by atoms with Crippen LogP contribution in [-0.2, 0) is 11.2 Å². The SMILES string of the molecule is CC(C)Cc1nsc(NC[C@@H]2CCC[C@]23NC(=O)NC3=O)n1. The van der Waals surface area contributed by atoms with Crippen LogP contribution in [-0.4, -0.2) is 33.4 Å². The lowest BCUT2D eigenvalue weighted by atomic mass is 9.87. The lowest BCUT2D eigenvalue weighted by molar-refractivity contribution is -0.125. The van der Waals surface area contributed by atoms with Crippen LogP contribution in [0.15, 0.2) is 0 Å². The average Bonchev–Trinajstić information content (AvgIpc) is 3.09. The molecule has 1 saturated heterocycles. The van der Waals surface area contributed by atoms with Crippen molar-refractivity contribution in [2.75, 3.05) is 11.9 Å². The molecule has 120 valence electrons. The van der Waals surface area contributed by atoms with Crippen molar-refractivity contribution < 1.29 is 9.59 Å². The van der Waals surface area contributed by atoms with Crippen LogP contribution in [0.4, 0.5) is 9.93 Å². The summed E-state index contributed by atoms with van der Waals surface area (Å²) in [4.78, 5) is 28.0. The number of nitrogens with zero attached hydrogens (tertiary/aromatic N) is 2. The van der Waals surface area contributed by atoms with Gasteiger partial charge in [0.05, 0.1) is 0 Å². The predicted molar refractivity (Wildman–Crippen MR) is 83.7 cm³/mol. The Morgan fingerprint density at radius 2 is 2.27 bits per heavy atom. The highest BCUT2D eigenvalue weighted by Gasteiger charge is 2.54. The Balaban J connectivity index is 1.62. The third-order valence-corrected chi connectivity index (χ3v) is 5.06. The number of amides is 3. The maximum atomic E-state index is 12.1. The Kier molecular flexibility index (Phi) is 4.03. The van der Waals surface area contributed by atoms with E-state index in [-0.39, 0.29) is 17.9 Å². The van der Waals surface area contributed by atoms with E-state index >= 15 is 0 Å². The Labute approximate surface area is 133 Å². The highest BCUT2D eigenvalue weighted by molar-refractivity contribution is 7.09. The molecule has 1 saturated carbocycles. The molecule has 2 atom stereocenters. The monoisotopic (exact) mass is 323 g/mol. The van der Waals surface area contributed by atoms with E-state index in [4.69, 9.17) is 0 Å². The zero-order chi connectivity index (χ0) is 15.7. The van der Waals surface area contributed by atoms with Crippen LogP contribution >= 0.6 is 11.5 Å². The van der Waals surface area contributed by atoms with Gasteiger partial charge in [0.1, 0.15) is 11.4 Å². The van der Waals surface area contributed by atoms with Crippen LogP contribution in [0.5, 0.6) is 0 Å². The van der Waals surface area contributed by atoms with Crippen molar-refractivity contribution in [1.82, 2.24) is 20.0 Å². The lowest BCUT2D eigenvalue weighted by Crippen LogP contribution is -2.51. The number of nitrogens with one attached hydrogen (secondary N) is 3. The van der Waals surface area contributed by atoms with Gasteiger partial charge in [0.2, 0.25) is 5.13 Å². The molecule has 3 rings (SSSR count). The van der Waals surface area contributed by atoms with Gasteiger partial charge in [-0.1, -0.05) is 20.3 Å². The molecule has 0 unspecified atom stereocenters. The Morgan fingerprint density at radius 3 is 2.95 bits per heavy atom. The number of aromatic nitrogens is 2. The largest absolute Gasteiger partial charge is 0.360 e. The Bertz CT molecular complexity index is 588. The first kappa shape index (κ1) is 15.2. The number of carbonyl (C=O) groups excluding carboxylic acids is 2. The highest BCUT2D eigenvalue weighted by atomic mass is 32.1. The summed E-state index contributed by atoms with van der Waals surface area (Å²) in [6.45, 7) is 4.89. The number of imide groups is 1. The second-order valence-electron chi connectivity index (χ2n) is 6.46. The van der Waals surface area contributed by atoms with Gasteiger partial charge in [0.15, 0.2) is 0 Å². The molecule has 3 amide bonds. The number of urea groups is 1. The Morgan fingerprint density at radius 1 is 1.45 bits per heavy atom. The van der Waals surface area contributed by atoms with Gasteiger partial charge in [0, 0.05) is 30.4 Å². The quantitative estimate of drug-likeness (QED) is 0.714. The number of anilines is 1. The molecule has 1 aromatic rings. The second-order valence-corrected chi connectivity index (χ2v) is 7.22. The lowest BCUT2D eigenvalue weighted by Gasteiger charge is -2.27. The van der Waals surface area contributed by atoms with E-state index in [1.807, 2.05) is 0 Å². The number of rotatable bonds is 5. The molecule has 0 aromatic carbocycles. The van der Waals surface area contributed by atoms with Gasteiger partial charge >= 0.3 is 6.03 Å². The average molecular weight is 323 g/mol. The highest BCUT2D eigenvalue weighted by Crippen LogP contribution is 2.38. The smallest absolute Gasteiger partial charge is 0.322 e. The van der Waals surface area contributed by atoms with Crippen LogP contribution < -0.4 is 16.0 Å². The molecule has 1 aliphatic carbocycles. The van der Waals surface area contributed by atoms with Gasteiger partial charge in [-0.3, -0.25) is 10.1 Å². The summed E-state index contributed by atoms with van der Waals surface area (Å²) >= 11 is 1.35. The third-order valence-electron chi connectivity index (χ3n) is 4.35. The summed E-state index contributed by atoms with van der Waals surface area (Å²) < 4.78 is 4.34. The molecule has 0 radical (unpaired) electrons. The number of hydrogen-bond acceptors (Lipinski definition) is 6. The van der Waals surface area contributed by atoms with E-state index in [9.17, 15) is 9.59 Å². The minimum absolute atomic E-state index is 0.0800. The fourth-order valence-corrected chi connectivity index (χ4v) is 3.91. The maximum absolute atomic E-state index is 12.1. The molecule has 7 nitrogen and oxygen atoms in total. The summed E-state index contributed by atoms with van der Waals surface area (Å²) in [6.07, 6.45) is 3.42. The summed E-state index contributed by atoms with van der Waals surface area (Å²) in [5.74, 6) is 1.27. The molecule has 2 aliphatic rings. The van der Waals surface area contributed by atoms with E-state index in [1.165, 1.54) is 11.5 Å². The van der Waals surface area contributed by atoms with Crippen LogP contribution in [0.1, 0.15) is 38.9 Å². The Hall–Kier alpha value is -1.70. The molecule has 22 heavy (non-hydrogen) atoms. The van der Waals surface area contributed by atoms with E-state index in [1.54, 1.807) is 0 Å². The molecular formula is C14H21N5O2S. The zero-order valence-electron chi connectivity index (χ0n) is 12.8. The number of hydrogen-bond donors (Lipinski definition) is 3. The molecule has 2 fully saturated rings. The van der Waals surface area contributed by atoms with Gasteiger partial charge in [-0.15, -0.1) is 0 Å². The molecular weight excluding hydrogens is 302 g/mol. The molecule has 3 N–H and O–H groups in total. The van der Waals surface area contributed by atoms with Gasteiger partial charge in [0.25, 0.3) is 5.91 Å². The molecule has 1 aromatic heterocycles. The van der Waals surface area contributed by atoms with Gasteiger partial charge in [-0.25, -0.2) is 9.78 Å². The summed E-state index contributed by atoms with van der Waals surface area (Å²) in [6, 6.07) is -0.382. The van der Waals surface area contributed by atoms with Crippen molar-refractivity contribution in [2.24, 2.45) is 11.8 Å². The minimum atomic E-state index is -0.741. The van der Waals surface area contributed by atoms with Crippen molar-refractivity contribution in [3.63, 3.8) is 0 Å². The molecule has 0 bridgehead atoms. The molecule has 2 heterocycles. The van der Waals surface area contributed by atoms with E-state index in [2.05, 4.69) is 39.2 Å². The first-order chi connectivity index (χ1) is 10.5. The third kappa shape index (κ3) is 2.79. The van der Waals surface area contributed by atoms with Crippen LogP contribution in [0.2, 0.25) is 0 Å². The summed E-state index contributed by atoms with van der Waals surface area (Å²) in [7, 11) is 0. The normalized spacial score (nSPS) is 27.5. The van der Waals surface area contributed by atoms with E-state index < -0.39 is 5.54 Å². The molecule has 8 heteroatoms. The molecule has 1 spiro atoms. The standard InChI is InChI=1S/C14H21N5O2S/c1-8(2)6-10-16-13(22-19-10)15-7-9-4-3-5-14(9)11(20)17-12(21)18-14/h8-9H,3-7H2,1-2H3,(H,15,16,19)(H2,17,18,20,21)/t9-,14-/m0/s1. The first-order valence-corrected chi connectivity index (χ1v) is 8.47. The fraction of sp³-hybridized carbons (Fsp3) is 0.714. The summed E-state index contributed by atoms with van der Waals surface area (Å²) in [5, 5.41) is 9.25. The van der Waals surface area contributed by atoms with Gasteiger partial charge in [-0.2, -0.15) is 4.37 Å². The van der Waals surface area contributed by atoms with Gasteiger partial charge in [-0.05, 0) is 18.8 Å². The first-order valence-electron chi connectivity index (χ1n) is 7.69. The predicted octanol–water partition coefficient (Wildman–Crippen LogP) is 1.53. The zero-order valence-corrected chi connectivity index (χ0v) is 13.6. The van der Waals surface area contributed by atoms with Crippen LogP contribution in [0.25, 0.3) is 0 Å². The second kappa shape index (κ2) is 5.83. The van der Waals surface area contributed by atoms with E-state index in [0.717, 1.165) is 30.2 Å². The van der Waals surface area contributed by atoms with Crippen molar-refractivity contribution in [3.05, 3.63) is 5.82 Å². The van der Waals surface area contributed by atoms with Crippen molar-refractivity contribution >= 4 is 28.6 Å². The van der Waals surface area contributed by atoms with Crippen molar-refractivity contribution in [1.29, 1.82) is 0 Å². The summed E-state index contributed by atoms with van der Waals surface area (Å²) in [5.41, 5.74) is -0.741. The van der Waals surface area contributed by atoms with E-state index in [0.29, 0.717) is 18.9 Å².